The monoisotopic (exact) mass is 518 g/mol. The molecule has 0 aliphatic carbocycles. The smallest absolute Gasteiger partial charge is 0.375 e. The second kappa shape index (κ2) is 12.0. The Hall–Kier alpha value is -4.79. The Bertz CT molecular complexity index is 1510. The van der Waals surface area contributed by atoms with E-state index in [2.05, 4.69) is 0 Å². The maximum absolute atomic E-state index is 13.6. The van der Waals surface area contributed by atoms with Crippen LogP contribution in [0.3, 0.4) is 0 Å². The molecule has 0 aliphatic heterocycles. The summed E-state index contributed by atoms with van der Waals surface area (Å²) < 4.78 is 32.4. The lowest BCUT2D eigenvalue weighted by atomic mass is 10.0. The van der Waals surface area contributed by atoms with Gasteiger partial charge in [-0.2, -0.15) is 0 Å². The first-order valence-electron chi connectivity index (χ1n) is 11.8. The molecule has 38 heavy (non-hydrogen) atoms. The van der Waals surface area contributed by atoms with Crippen LogP contribution in [-0.2, 0) is 20.9 Å². The van der Waals surface area contributed by atoms with Crippen LogP contribution in [0, 0.1) is 0 Å². The van der Waals surface area contributed by atoms with Crippen molar-refractivity contribution in [3.8, 4) is 28.4 Å². The molecule has 0 radical (unpaired) electrons. The van der Waals surface area contributed by atoms with Gasteiger partial charge in [-0.25, -0.2) is 9.59 Å². The topological polar surface area (TPSA) is 111 Å². The number of methoxy groups -OCH3 is 2. The number of carbonyl (C=O) groups is 2. The number of fused-ring (bicyclic) bond motifs is 1. The predicted molar refractivity (Wildman–Crippen MR) is 139 cm³/mol. The van der Waals surface area contributed by atoms with Gasteiger partial charge in [0.2, 0.25) is 11.2 Å². The van der Waals surface area contributed by atoms with Gasteiger partial charge < -0.3 is 28.1 Å². The van der Waals surface area contributed by atoms with Crippen LogP contribution in [0.2, 0.25) is 0 Å². The molecule has 0 atom stereocenters. The normalized spacial score (nSPS) is 10.6. The van der Waals surface area contributed by atoms with Gasteiger partial charge in [0.25, 0.3) is 0 Å². The number of esters is 2. The van der Waals surface area contributed by atoms with Gasteiger partial charge in [-0.15, -0.1) is 0 Å². The molecule has 9 heteroatoms. The molecule has 3 aromatic carbocycles. The summed E-state index contributed by atoms with van der Waals surface area (Å²) in [5.74, 6) is -0.536. The molecule has 0 fully saturated rings. The van der Waals surface area contributed by atoms with Gasteiger partial charge in [-0.05, 0) is 42.3 Å². The third-order valence-corrected chi connectivity index (χ3v) is 5.60. The van der Waals surface area contributed by atoms with E-state index in [-0.39, 0.29) is 47.9 Å². The highest BCUT2D eigenvalue weighted by Crippen LogP contribution is 2.34. The van der Waals surface area contributed by atoms with Crippen molar-refractivity contribution in [2.75, 3.05) is 27.4 Å². The van der Waals surface area contributed by atoms with Crippen molar-refractivity contribution in [3.05, 3.63) is 88.3 Å². The van der Waals surface area contributed by atoms with Crippen LogP contribution in [0.15, 0.2) is 75.9 Å². The Balaban J connectivity index is 1.64. The van der Waals surface area contributed by atoms with Crippen molar-refractivity contribution in [1.29, 1.82) is 0 Å². The summed E-state index contributed by atoms with van der Waals surface area (Å²) >= 11 is 0. The molecule has 0 bridgehead atoms. The van der Waals surface area contributed by atoms with Crippen molar-refractivity contribution in [2.45, 2.75) is 13.5 Å². The Morgan fingerprint density at radius 2 is 1.63 bits per heavy atom. The molecule has 0 amide bonds. The third kappa shape index (κ3) is 5.78. The molecular weight excluding hydrogens is 492 g/mol. The average Bonchev–Trinajstić information content (AvgIpc) is 2.95. The molecule has 196 valence electrons. The first-order valence-corrected chi connectivity index (χ1v) is 11.8. The fourth-order valence-electron chi connectivity index (χ4n) is 3.78. The van der Waals surface area contributed by atoms with Gasteiger partial charge >= 0.3 is 11.9 Å². The van der Waals surface area contributed by atoms with Gasteiger partial charge in [0.1, 0.15) is 17.9 Å². The van der Waals surface area contributed by atoms with Crippen molar-refractivity contribution in [2.24, 2.45) is 0 Å². The highest BCUT2D eigenvalue weighted by atomic mass is 16.6. The fourth-order valence-corrected chi connectivity index (χ4v) is 3.78. The van der Waals surface area contributed by atoms with Crippen LogP contribution in [0.25, 0.3) is 22.1 Å². The second-order valence-corrected chi connectivity index (χ2v) is 8.02. The molecule has 0 aliphatic rings. The minimum atomic E-state index is -0.799. The van der Waals surface area contributed by atoms with E-state index in [9.17, 15) is 14.4 Å². The number of carbonyl (C=O) groups excluding carboxylic acids is 2. The SMILES string of the molecule is CCOC(=O)c1oc2cc(OCC(=O)OCc3ccccc3)ccc2c(=O)c1-c1ccc(OC)c(OC)c1. The summed E-state index contributed by atoms with van der Waals surface area (Å²) in [6, 6.07) is 18.6. The van der Waals surface area contributed by atoms with Crippen LogP contribution in [0.5, 0.6) is 17.2 Å². The lowest BCUT2D eigenvalue weighted by Gasteiger charge is -2.13. The standard InChI is InChI=1S/C29H26O9/c1-4-35-29(32)28-26(19-10-13-22(33-2)24(14-19)34-3)27(31)21-12-11-20(15-23(21)38-28)36-17-25(30)37-16-18-8-6-5-7-9-18/h5-15H,4,16-17H2,1-3H3. The van der Waals surface area contributed by atoms with Crippen LogP contribution in [0.1, 0.15) is 23.0 Å². The van der Waals surface area contributed by atoms with Gasteiger partial charge in [0.15, 0.2) is 18.1 Å². The molecule has 0 spiro atoms. The van der Waals surface area contributed by atoms with Crippen LogP contribution < -0.4 is 19.6 Å². The van der Waals surface area contributed by atoms with E-state index in [1.807, 2.05) is 30.3 Å². The zero-order valence-electron chi connectivity index (χ0n) is 21.1. The highest BCUT2D eigenvalue weighted by molar-refractivity contribution is 5.98. The number of hydrogen-bond acceptors (Lipinski definition) is 9. The molecule has 0 N–H and O–H groups in total. The molecule has 4 aromatic rings. The lowest BCUT2D eigenvalue weighted by molar-refractivity contribution is -0.147. The largest absolute Gasteiger partial charge is 0.493 e. The molecule has 9 nitrogen and oxygen atoms in total. The molecule has 0 unspecified atom stereocenters. The fraction of sp³-hybridized carbons (Fsp3) is 0.207. The summed E-state index contributed by atoms with van der Waals surface area (Å²) in [6.45, 7) is 1.50. The lowest BCUT2D eigenvalue weighted by Crippen LogP contribution is -2.16. The zero-order chi connectivity index (χ0) is 27.1. The summed E-state index contributed by atoms with van der Waals surface area (Å²) in [4.78, 5) is 38.5. The van der Waals surface area contributed by atoms with Crippen molar-refractivity contribution in [3.63, 3.8) is 0 Å². The molecule has 4 rings (SSSR count). The van der Waals surface area contributed by atoms with Gasteiger partial charge in [0, 0.05) is 6.07 Å². The van der Waals surface area contributed by atoms with E-state index in [0.29, 0.717) is 17.1 Å². The minimum Gasteiger partial charge on any atom is -0.493 e. The third-order valence-electron chi connectivity index (χ3n) is 5.60. The molecule has 0 saturated carbocycles. The van der Waals surface area contributed by atoms with Crippen LogP contribution >= 0.6 is 0 Å². The van der Waals surface area contributed by atoms with Crippen molar-refractivity contribution < 1.29 is 37.7 Å². The second-order valence-electron chi connectivity index (χ2n) is 8.02. The number of rotatable bonds is 10. The predicted octanol–water partition coefficient (Wildman–Crippen LogP) is 4.78. The first kappa shape index (κ1) is 26.3. The number of hydrogen-bond donors (Lipinski definition) is 0. The number of ether oxygens (including phenoxy) is 5. The molecule has 1 aromatic heterocycles. The van der Waals surface area contributed by atoms with E-state index in [1.165, 1.54) is 32.4 Å². The summed E-state index contributed by atoms with van der Waals surface area (Å²) in [6.07, 6.45) is 0. The van der Waals surface area contributed by atoms with Gasteiger partial charge in [-0.1, -0.05) is 36.4 Å². The number of benzene rings is 3. The Morgan fingerprint density at radius 3 is 2.34 bits per heavy atom. The Labute approximate surface area is 218 Å². The molecule has 0 saturated heterocycles. The maximum Gasteiger partial charge on any atom is 0.375 e. The highest BCUT2D eigenvalue weighted by Gasteiger charge is 2.24. The maximum atomic E-state index is 13.6. The average molecular weight is 519 g/mol. The minimum absolute atomic E-state index is 0.0232. The van der Waals surface area contributed by atoms with Crippen molar-refractivity contribution >= 4 is 22.9 Å². The van der Waals surface area contributed by atoms with Crippen molar-refractivity contribution in [1.82, 2.24) is 0 Å². The van der Waals surface area contributed by atoms with E-state index < -0.39 is 17.4 Å². The summed E-state index contributed by atoms with van der Waals surface area (Å²) in [7, 11) is 2.96. The van der Waals surface area contributed by atoms with E-state index in [4.69, 9.17) is 28.1 Å². The van der Waals surface area contributed by atoms with E-state index in [1.54, 1.807) is 25.1 Å². The van der Waals surface area contributed by atoms with Crippen LogP contribution in [-0.4, -0.2) is 39.4 Å². The van der Waals surface area contributed by atoms with Crippen LogP contribution in [0.4, 0.5) is 0 Å². The van der Waals surface area contributed by atoms with E-state index in [0.717, 1.165) is 5.56 Å². The Kier molecular flexibility index (Phi) is 8.27. The quantitative estimate of drug-likeness (QED) is 0.274. The first-order chi connectivity index (χ1) is 18.4. The summed E-state index contributed by atoms with van der Waals surface area (Å²) in [5, 5.41) is 0.210. The van der Waals surface area contributed by atoms with Gasteiger partial charge in [-0.3, -0.25) is 4.79 Å². The van der Waals surface area contributed by atoms with Gasteiger partial charge in [0.05, 0.1) is 31.8 Å². The molecular formula is C29H26O9. The summed E-state index contributed by atoms with van der Waals surface area (Å²) in [5.41, 5.74) is 0.913. The molecule has 1 heterocycles. The Morgan fingerprint density at radius 1 is 0.868 bits per heavy atom. The van der Waals surface area contributed by atoms with E-state index >= 15 is 0 Å². The zero-order valence-corrected chi connectivity index (χ0v) is 21.1.